The van der Waals surface area contributed by atoms with Crippen LogP contribution in [0.5, 0.6) is 5.75 Å². The zero-order valence-electron chi connectivity index (χ0n) is 12.7. The zero-order chi connectivity index (χ0) is 15.5. The normalized spacial score (nSPS) is 21.3. The molecule has 22 heavy (non-hydrogen) atoms. The van der Waals surface area contributed by atoms with E-state index in [-0.39, 0.29) is 11.8 Å². The number of hydrogen-bond acceptors (Lipinski definition) is 4. The summed E-state index contributed by atoms with van der Waals surface area (Å²) in [6.07, 6.45) is -0.208. The minimum Gasteiger partial charge on any atom is -0.479 e. The van der Waals surface area contributed by atoms with Gasteiger partial charge in [0.2, 0.25) is 5.91 Å². The van der Waals surface area contributed by atoms with Crippen molar-refractivity contribution in [1.82, 2.24) is 4.90 Å². The number of fused-ring (bicyclic) bond motifs is 1. The van der Waals surface area contributed by atoms with Gasteiger partial charge >= 0.3 is 0 Å². The van der Waals surface area contributed by atoms with Crippen LogP contribution in [0.15, 0.2) is 24.3 Å². The molecule has 118 valence electrons. The van der Waals surface area contributed by atoms with Gasteiger partial charge in [0.1, 0.15) is 5.75 Å². The maximum atomic E-state index is 12.3. The average Bonchev–Trinajstić information content (AvgIpc) is 2.56. The van der Waals surface area contributed by atoms with Gasteiger partial charge in [0, 0.05) is 26.1 Å². The fraction of sp³-hybridized carbons (Fsp3) is 0.500. The number of para-hydroxylation sites is 2. The smallest absolute Gasteiger partial charge is 0.267 e. The number of carbonyl (C=O) groups excluding carboxylic acids is 2. The first-order valence-electron chi connectivity index (χ1n) is 7.59. The number of carbonyl (C=O) groups is 2. The Kier molecular flexibility index (Phi) is 4.29. The van der Waals surface area contributed by atoms with Crippen molar-refractivity contribution in [3.05, 3.63) is 24.3 Å². The molecule has 2 aliphatic heterocycles. The van der Waals surface area contributed by atoms with Crippen molar-refractivity contribution >= 4 is 17.5 Å². The van der Waals surface area contributed by atoms with E-state index in [0.29, 0.717) is 45.0 Å². The molecule has 0 aliphatic carbocycles. The first-order valence-corrected chi connectivity index (χ1v) is 7.59. The number of benzene rings is 1. The molecule has 2 heterocycles. The van der Waals surface area contributed by atoms with E-state index in [1.807, 2.05) is 24.3 Å². The molecule has 2 aliphatic rings. The van der Waals surface area contributed by atoms with Gasteiger partial charge in [0.15, 0.2) is 6.10 Å². The Hall–Kier alpha value is -2.08. The quantitative estimate of drug-likeness (QED) is 0.837. The van der Waals surface area contributed by atoms with Gasteiger partial charge in [-0.2, -0.15) is 0 Å². The monoisotopic (exact) mass is 304 g/mol. The summed E-state index contributed by atoms with van der Waals surface area (Å²) in [5, 5.41) is 0. The number of morpholine rings is 1. The van der Waals surface area contributed by atoms with Crippen LogP contribution in [0.1, 0.15) is 13.3 Å². The largest absolute Gasteiger partial charge is 0.479 e. The first-order chi connectivity index (χ1) is 10.7. The van der Waals surface area contributed by atoms with Crippen LogP contribution in [0.4, 0.5) is 5.69 Å². The maximum Gasteiger partial charge on any atom is 0.267 e. The molecule has 0 saturated carbocycles. The van der Waals surface area contributed by atoms with E-state index in [9.17, 15) is 9.59 Å². The Labute approximate surface area is 129 Å². The summed E-state index contributed by atoms with van der Waals surface area (Å²) in [5.74, 6) is 0.648. The average molecular weight is 304 g/mol. The van der Waals surface area contributed by atoms with Gasteiger partial charge in [-0.05, 0) is 19.1 Å². The molecule has 1 fully saturated rings. The highest BCUT2D eigenvalue weighted by atomic mass is 16.5. The van der Waals surface area contributed by atoms with Crippen molar-refractivity contribution in [2.24, 2.45) is 0 Å². The number of anilines is 1. The van der Waals surface area contributed by atoms with E-state index >= 15 is 0 Å². The van der Waals surface area contributed by atoms with Crippen LogP contribution in [0.25, 0.3) is 0 Å². The highest BCUT2D eigenvalue weighted by Gasteiger charge is 2.31. The minimum atomic E-state index is -0.520. The molecule has 0 unspecified atom stereocenters. The van der Waals surface area contributed by atoms with Gasteiger partial charge in [0.25, 0.3) is 5.91 Å². The van der Waals surface area contributed by atoms with Gasteiger partial charge in [-0.1, -0.05) is 12.1 Å². The van der Waals surface area contributed by atoms with Crippen molar-refractivity contribution in [2.75, 3.05) is 37.7 Å². The van der Waals surface area contributed by atoms with Gasteiger partial charge in [-0.3, -0.25) is 9.59 Å². The predicted molar refractivity (Wildman–Crippen MR) is 80.9 cm³/mol. The van der Waals surface area contributed by atoms with Crippen LogP contribution in [-0.4, -0.2) is 55.7 Å². The maximum absolute atomic E-state index is 12.3. The third-order valence-electron chi connectivity index (χ3n) is 3.99. The van der Waals surface area contributed by atoms with Crippen LogP contribution >= 0.6 is 0 Å². The fourth-order valence-electron chi connectivity index (χ4n) is 2.77. The SMILES string of the molecule is C[C@H]1Oc2ccccc2N(CCC(=O)N2CCOCC2)C1=O. The third kappa shape index (κ3) is 2.92. The Bertz CT molecular complexity index is 569. The molecule has 6 nitrogen and oxygen atoms in total. The molecule has 1 saturated heterocycles. The molecule has 1 aromatic rings. The summed E-state index contributed by atoms with van der Waals surface area (Å²) < 4.78 is 10.8. The Morgan fingerprint density at radius 3 is 2.77 bits per heavy atom. The number of ether oxygens (including phenoxy) is 2. The highest BCUT2D eigenvalue weighted by molar-refractivity contribution is 6.00. The van der Waals surface area contributed by atoms with Crippen LogP contribution in [0, 0.1) is 0 Å². The van der Waals surface area contributed by atoms with Crippen LogP contribution in [0.3, 0.4) is 0 Å². The van der Waals surface area contributed by atoms with E-state index in [1.54, 1.807) is 16.7 Å². The molecule has 0 N–H and O–H groups in total. The topological polar surface area (TPSA) is 59.1 Å². The molecule has 0 bridgehead atoms. The molecule has 3 rings (SSSR count). The third-order valence-corrected chi connectivity index (χ3v) is 3.99. The van der Waals surface area contributed by atoms with E-state index in [0.717, 1.165) is 5.69 Å². The number of hydrogen-bond donors (Lipinski definition) is 0. The lowest BCUT2D eigenvalue weighted by atomic mass is 10.1. The summed E-state index contributed by atoms with van der Waals surface area (Å²) in [5.41, 5.74) is 0.736. The lowest BCUT2D eigenvalue weighted by Crippen LogP contribution is -2.47. The Balaban J connectivity index is 1.68. The molecule has 1 atom stereocenters. The van der Waals surface area contributed by atoms with E-state index < -0.39 is 6.10 Å². The minimum absolute atomic E-state index is 0.0627. The predicted octanol–water partition coefficient (Wildman–Crippen LogP) is 1.05. The van der Waals surface area contributed by atoms with Crippen molar-refractivity contribution in [2.45, 2.75) is 19.4 Å². The zero-order valence-corrected chi connectivity index (χ0v) is 12.7. The molecule has 0 radical (unpaired) electrons. The standard InChI is InChI=1S/C16H20N2O4/c1-12-16(20)18(13-4-2-3-5-14(13)22-12)7-6-15(19)17-8-10-21-11-9-17/h2-5,12H,6-11H2,1H3/t12-/m1/s1. The Morgan fingerprint density at radius 2 is 2.00 bits per heavy atom. The van der Waals surface area contributed by atoms with Crippen LogP contribution < -0.4 is 9.64 Å². The molecule has 0 aromatic heterocycles. The lowest BCUT2D eigenvalue weighted by molar-refractivity contribution is -0.135. The lowest BCUT2D eigenvalue weighted by Gasteiger charge is -2.33. The molecule has 6 heteroatoms. The molecular formula is C16H20N2O4. The second-order valence-electron chi connectivity index (χ2n) is 5.46. The van der Waals surface area contributed by atoms with Gasteiger partial charge in [-0.25, -0.2) is 0 Å². The Morgan fingerprint density at radius 1 is 1.27 bits per heavy atom. The van der Waals surface area contributed by atoms with E-state index in [4.69, 9.17) is 9.47 Å². The molecule has 0 spiro atoms. The summed E-state index contributed by atoms with van der Waals surface area (Å²) in [4.78, 5) is 28.0. The van der Waals surface area contributed by atoms with Crippen molar-refractivity contribution in [1.29, 1.82) is 0 Å². The summed E-state index contributed by atoms with van der Waals surface area (Å²) in [6.45, 7) is 4.53. The summed E-state index contributed by atoms with van der Waals surface area (Å²) in [7, 11) is 0. The van der Waals surface area contributed by atoms with Crippen molar-refractivity contribution in [3.63, 3.8) is 0 Å². The summed E-state index contributed by atoms with van der Waals surface area (Å²) in [6, 6.07) is 7.42. The fourth-order valence-corrected chi connectivity index (χ4v) is 2.77. The van der Waals surface area contributed by atoms with Crippen LogP contribution in [-0.2, 0) is 14.3 Å². The highest BCUT2D eigenvalue weighted by Crippen LogP contribution is 2.33. The number of nitrogens with zero attached hydrogens (tertiary/aromatic N) is 2. The van der Waals surface area contributed by atoms with Crippen molar-refractivity contribution in [3.8, 4) is 5.75 Å². The van der Waals surface area contributed by atoms with E-state index in [1.165, 1.54) is 0 Å². The number of amides is 2. The molecule has 2 amide bonds. The number of rotatable bonds is 3. The molecular weight excluding hydrogens is 284 g/mol. The second kappa shape index (κ2) is 6.36. The van der Waals surface area contributed by atoms with Crippen molar-refractivity contribution < 1.29 is 19.1 Å². The summed E-state index contributed by atoms with van der Waals surface area (Å²) >= 11 is 0. The van der Waals surface area contributed by atoms with E-state index in [2.05, 4.69) is 0 Å². The first kappa shape index (κ1) is 14.8. The molecule has 1 aromatic carbocycles. The van der Waals surface area contributed by atoms with Crippen LogP contribution in [0.2, 0.25) is 0 Å². The van der Waals surface area contributed by atoms with Gasteiger partial charge in [-0.15, -0.1) is 0 Å². The second-order valence-corrected chi connectivity index (χ2v) is 5.46. The van der Waals surface area contributed by atoms with Gasteiger partial charge in [0.05, 0.1) is 18.9 Å². The van der Waals surface area contributed by atoms with Gasteiger partial charge < -0.3 is 19.3 Å².